The molecule has 10 heteroatoms. The molecular weight excluding hydrogens is 433 g/mol. The third-order valence-electron chi connectivity index (χ3n) is 5.27. The van der Waals surface area contributed by atoms with Gasteiger partial charge in [-0.2, -0.15) is 14.5 Å². The molecule has 2 aromatic carbocycles. The molecule has 0 aliphatic heterocycles. The molecule has 1 aliphatic rings. The van der Waals surface area contributed by atoms with E-state index in [0.29, 0.717) is 16.7 Å². The van der Waals surface area contributed by atoms with Crippen LogP contribution in [0.25, 0.3) is 5.69 Å². The van der Waals surface area contributed by atoms with E-state index < -0.39 is 16.7 Å². The molecule has 29 heavy (non-hydrogen) atoms. The van der Waals surface area contributed by atoms with Gasteiger partial charge in [-0.3, -0.25) is 4.79 Å². The maximum absolute atomic E-state index is 12.3. The molecule has 0 saturated heterocycles. The van der Waals surface area contributed by atoms with Crippen LogP contribution in [-0.4, -0.2) is 19.4 Å². The number of benzene rings is 2. The van der Waals surface area contributed by atoms with E-state index in [9.17, 15) is 9.59 Å². The highest BCUT2D eigenvalue weighted by Gasteiger charge is 2.45. The molecule has 1 heterocycles. The second kappa shape index (κ2) is 6.98. The summed E-state index contributed by atoms with van der Waals surface area (Å²) in [7, 11) is 0. The second-order valence-corrected chi connectivity index (χ2v) is 8.01. The van der Waals surface area contributed by atoms with Crippen molar-refractivity contribution < 1.29 is 0 Å². The summed E-state index contributed by atoms with van der Waals surface area (Å²) in [6.45, 7) is 0. The molecule has 3 aromatic rings. The molecule has 0 fully saturated rings. The fourth-order valence-electron chi connectivity index (χ4n) is 3.93. The van der Waals surface area contributed by atoms with Crippen LogP contribution < -0.4 is 22.8 Å². The quantitative estimate of drug-likeness (QED) is 0.468. The number of nitrogens with two attached hydrogens (primary N) is 2. The molecule has 1 aromatic heterocycles. The monoisotopic (exact) mass is 447 g/mol. The Hall–Kier alpha value is -2.68. The van der Waals surface area contributed by atoms with E-state index in [1.54, 1.807) is 0 Å². The van der Waals surface area contributed by atoms with Crippen molar-refractivity contribution in [3.8, 4) is 5.69 Å². The summed E-state index contributed by atoms with van der Waals surface area (Å²) >= 11 is 18.8. The summed E-state index contributed by atoms with van der Waals surface area (Å²) in [5.41, 5.74) is 6.79. The molecule has 148 valence electrons. The zero-order valence-corrected chi connectivity index (χ0v) is 17.3. The fourth-order valence-corrected chi connectivity index (χ4v) is 5.04. The summed E-state index contributed by atoms with van der Waals surface area (Å²) in [5.74, 6) is 5.47. The van der Waals surface area contributed by atoms with Gasteiger partial charge in [0.25, 0.3) is 5.56 Å². The lowest BCUT2D eigenvalue weighted by atomic mass is 9.75. The number of nitrogen functional groups attached to an aromatic ring is 1. The Morgan fingerprint density at radius 3 is 2.48 bits per heavy atom. The first-order chi connectivity index (χ1) is 13.8. The van der Waals surface area contributed by atoms with Gasteiger partial charge in [-0.15, -0.1) is 0 Å². The topological polar surface area (TPSA) is 109 Å². The number of nitrogens with zero attached hydrogens (tertiary/aromatic N) is 3. The molecule has 1 unspecified atom stereocenters. The second-order valence-electron chi connectivity index (χ2n) is 6.76. The number of halogens is 2. The van der Waals surface area contributed by atoms with E-state index in [4.69, 9.17) is 47.0 Å². The van der Waals surface area contributed by atoms with Crippen LogP contribution in [0.1, 0.15) is 23.1 Å². The highest BCUT2D eigenvalue weighted by Crippen LogP contribution is 2.49. The maximum atomic E-state index is 12.3. The smallest absolute Gasteiger partial charge is 0.370 e. The van der Waals surface area contributed by atoms with E-state index in [-0.39, 0.29) is 20.7 Å². The molecule has 4 rings (SSSR count). The fraction of sp³-hybridized carbons (Fsp3) is 0.158. The molecule has 7 nitrogen and oxygen atoms in total. The zero-order chi connectivity index (χ0) is 20.9. The molecule has 0 amide bonds. The van der Waals surface area contributed by atoms with Crippen LogP contribution in [0.2, 0.25) is 10.0 Å². The van der Waals surface area contributed by atoms with Crippen LogP contribution in [0.5, 0.6) is 0 Å². The van der Waals surface area contributed by atoms with Crippen LogP contribution in [-0.2, 0) is 11.8 Å². The first-order valence-electron chi connectivity index (χ1n) is 8.62. The Labute approximate surface area is 180 Å². The van der Waals surface area contributed by atoms with Crippen molar-refractivity contribution in [1.29, 1.82) is 0 Å². The molecule has 0 radical (unpaired) electrons. The number of rotatable bonds is 3. The van der Waals surface area contributed by atoms with E-state index in [1.165, 1.54) is 12.1 Å². The van der Waals surface area contributed by atoms with Crippen LogP contribution >= 0.6 is 35.4 Å². The van der Waals surface area contributed by atoms with Crippen molar-refractivity contribution in [3.05, 3.63) is 90.2 Å². The number of aryl methyl sites for hydroxylation is 1. The van der Waals surface area contributed by atoms with Gasteiger partial charge in [-0.05, 0) is 36.1 Å². The minimum atomic E-state index is -0.826. The van der Waals surface area contributed by atoms with Gasteiger partial charge in [0, 0.05) is 15.6 Å². The van der Waals surface area contributed by atoms with Gasteiger partial charge in [-0.25, -0.2) is 4.79 Å². The summed E-state index contributed by atoms with van der Waals surface area (Å²) in [5, 5.41) is 4.39. The van der Waals surface area contributed by atoms with Crippen LogP contribution in [0, 0.1) is 0 Å². The largest absolute Gasteiger partial charge is 0.392 e. The van der Waals surface area contributed by atoms with Crippen molar-refractivity contribution in [2.75, 3.05) is 5.84 Å². The van der Waals surface area contributed by atoms with E-state index in [2.05, 4.69) is 5.10 Å². The van der Waals surface area contributed by atoms with Crippen molar-refractivity contribution in [3.63, 3.8) is 0 Å². The molecule has 4 N–H and O–H groups in total. The van der Waals surface area contributed by atoms with Crippen molar-refractivity contribution in [1.82, 2.24) is 14.5 Å². The molecule has 0 saturated carbocycles. The highest BCUT2D eigenvalue weighted by molar-refractivity contribution is 7.80. The Morgan fingerprint density at radius 1 is 1.17 bits per heavy atom. The first kappa shape index (κ1) is 19.6. The lowest BCUT2D eigenvalue weighted by Gasteiger charge is -2.32. The van der Waals surface area contributed by atoms with E-state index in [0.717, 1.165) is 28.4 Å². The SMILES string of the molecule is NC(=S)C1(c2c(Cl)cc(-n3ncc(=O)n(N)c3=O)cc2Cl)CCc2ccccc21. The van der Waals surface area contributed by atoms with Crippen LogP contribution in [0.15, 0.2) is 52.2 Å². The van der Waals surface area contributed by atoms with Crippen molar-refractivity contribution in [2.45, 2.75) is 18.3 Å². The normalized spacial score (nSPS) is 17.9. The summed E-state index contributed by atoms with van der Waals surface area (Å²) in [6.07, 6.45) is 2.34. The van der Waals surface area contributed by atoms with Gasteiger partial charge >= 0.3 is 5.69 Å². The third-order valence-corrected chi connectivity index (χ3v) is 6.22. The molecule has 0 bridgehead atoms. The summed E-state index contributed by atoms with van der Waals surface area (Å²) in [6, 6.07) is 10.9. The maximum Gasteiger partial charge on any atom is 0.370 e. The average Bonchev–Trinajstić information content (AvgIpc) is 3.06. The van der Waals surface area contributed by atoms with Gasteiger partial charge in [0.2, 0.25) is 0 Å². The highest BCUT2D eigenvalue weighted by atomic mass is 35.5. The average molecular weight is 448 g/mol. The Balaban J connectivity index is 1.96. The lowest BCUT2D eigenvalue weighted by Crippen LogP contribution is -2.44. The number of aromatic nitrogens is 3. The Kier molecular flexibility index (Phi) is 4.72. The minimum Gasteiger partial charge on any atom is -0.392 e. The number of hydrogen-bond donors (Lipinski definition) is 2. The number of fused-ring (bicyclic) bond motifs is 1. The van der Waals surface area contributed by atoms with Crippen LogP contribution in [0.3, 0.4) is 0 Å². The molecular formula is C19H15Cl2N5O2S. The Bertz CT molecular complexity index is 1260. The van der Waals surface area contributed by atoms with E-state index in [1.807, 2.05) is 24.3 Å². The molecule has 1 atom stereocenters. The zero-order valence-electron chi connectivity index (χ0n) is 14.9. The Morgan fingerprint density at radius 2 is 1.83 bits per heavy atom. The summed E-state index contributed by atoms with van der Waals surface area (Å²) in [4.78, 5) is 24.1. The minimum absolute atomic E-state index is 0.261. The molecule has 1 aliphatic carbocycles. The predicted molar refractivity (Wildman–Crippen MR) is 117 cm³/mol. The van der Waals surface area contributed by atoms with Crippen molar-refractivity contribution >= 4 is 40.4 Å². The van der Waals surface area contributed by atoms with Gasteiger partial charge in [0.1, 0.15) is 6.20 Å². The van der Waals surface area contributed by atoms with E-state index >= 15 is 0 Å². The van der Waals surface area contributed by atoms with Gasteiger partial charge in [0.15, 0.2) is 0 Å². The lowest BCUT2D eigenvalue weighted by molar-refractivity contribution is 0.670. The first-order valence-corrected chi connectivity index (χ1v) is 9.78. The third kappa shape index (κ3) is 2.87. The van der Waals surface area contributed by atoms with Crippen LogP contribution in [0.4, 0.5) is 0 Å². The van der Waals surface area contributed by atoms with Gasteiger partial charge in [0.05, 0.1) is 16.1 Å². The molecule has 0 spiro atoms. The van der Waals surface area contributed by atoms with Gasteiger partial charge < -0.3 is 11.6 Å². The number of thiocarbonyl (C=S) groups is 1. The number of hydrogen-bond acceptors (Lipinski definition) is 5. The standard InChI is InChI=1S/C19H15Cl2N5O2S/c20-13-7-11(26-18(28)25(23)15(27)9-24-26)8-14(21)16(13)19(17(22)29)6-5-10-3-1-2-4-12(10)19/h1-4,7-9H,5-6,23H2,(H2,22,29). The predicted octanol–water partition coefficient (Wildman–Crippen LogP) is 1.93. The van der Waals surface area contributed by atoms with Crippen molar-refractivity contribution in [2.24, 2.45) is 5.73 Å². The van der Waals surface area contributed by atoms with Gasteiger partial charge in [-0.1, -0.05) is 59.7 Å². The summed E-state index contributed by atoms with van der Waals surface area (Å²) < 4.78 is 1.39.